The van der Waals surface area contributed by atoms with Crippen molar-refractivity contribution in [2.75, 3.05) is 0 Å². The molecule has 0 saturated carbocycles. The molecule has 0 aliphatic carbocycles. The zero-order valence-corrected chi connectivity index (χ0v) is 14.6. The number of halogens is 3. The second kappa shape index (κ2) is 6.56. The maximum atomic E-state index is 6.66. The molecule has 0 saturated heterocycles. The van der Waals surface area contributed by atoms with Gasteiger partial charge in [-0.05, 0) is 49.9 Å². The molecule has 4 heteroatoms. The summed E-state index contributed by atoms with van der Waals surface area (Å²) >= 11 is 15.4. The lowest BCUT2D eigenvalue weighted by Gasteiger charge is -2.20. The van der Waals surface area contributed by atoms with Crippen LogP contribution in [0.15, 0.2) is 44.7 Å². The fraction of sp³-hybridized carbons (Fsp3) is 0.286. The van der Waals surface area contributed by atoms with Crippen LogP contribution >= 0.6 is 54.8 Å². The highest BCUT2D eigenvalue weighted by Gasteiger charge is 2.23. The molecule has 0 aliphatic rings. The van der Waals surface area contributed by atoms with Crippen LogP contribution in [-0.4, -0.2) is 0 Å². The van der Waals surface area contributed by atoms with Crippen molar-refractivity contribution in [2.45, 2.75) is 24.6 Å². The van der Waals surface area contributed by atoms with Gasteiger partial charge in [0.2, 0.25) is 0 Å². The largest absolute Gasteiger partial charge is 0.130 e. The highest BCUT2D eigenvalue weighted by molar-refractivity contribution is 9.13. The molecule has 0 radical (unpaired) electrons. The van der Waals surface area contributed by atoms with Crippen LogP contribution in [0.2, 0.25) is 0 Å². The van der Waals surface area contributed by atoms with E-state index in [-0.39, 0.29) is 5.38 Å². The quantitative estimate of drug-likeness (QED) is 0.491. The Hall–Kier alpha value is 0.170. The zero-order valence-electron chi connectivity index (χ0n) is 9.87. The van der Waals surface area contributed by atoms with Crippen LogP contribution in [0.5, 0.6) is 0 Å². The maximum absolute atomic E-state index is 6.66. The van der Waals surface area contributed by atoms with Crippen molar-refractivity contribution in [3.05, 3.63) is 55.1 Å². The Morgan fingerprint density at radius 1 is 1.22 bits per heavy atom. The summed E-state index contributed by atoms with van der Waals surface area (Å²) < 4.78 is 2.18. The van der Waals surface area contributed by atoms with Gasteiger partial charge in [0.15, 0.2) is 0 Å². The number of benzene rings is 1. The summed E-state index contributed by atoms with van der Waals surface area (Å²) in [6.45, 7) is 2.19. The molecule has 1 aromatic heterocycles. The predicted molar refractivity (Wildman–Crippen MR) is 87.8 cm³/mol. The third kappa shape index (κ3) is 3.19. The molecule has 2 aromatic rings. The van der Waals surface area contributed by atoms with Crippen LogP contribution < -0.4 is 0 Å². The number of hydrogen-bond acceptors (Lipinski definition) is 1. The monoisotopic (exact) mass is 406 g/mol. The van der Waals surface area contributed by atoms with Crippen molar-refractivity contribution >= 4 is 54.8 Å². The normalized spacial score (nSPS) is 14.4. The van der Waals surface area contributed by atoms with E-state index in [1.54, 1.807) is 11.3 Å². The molecule has 1 aromatic carbocycles. The molecule has 18 heavy (non-hydrogen) atoms. The van der Waals surface area contributed by atoms with Crippen LogP contribution in [0.4, 0.5) is 0 Å². The Morgan fingerprint density at radius 2 is 1.89 bits per heavy atom. The minimum absolute atomic E-state index is 0.0185. The van der Waals surface area contributed by atoms with Crippen LogP contribution in [-0.2, 0) is 0 Å². The standard InChI is InChI=1S/C14H13Br2ClS/c1-2-10(9-6-4-3-5-7-9)13(17)12-8-11(15)14(16)18-12/h3-8,10,13H,2H2,1H3. The summed E-state index contributed by atoms with van der Waals surface area (Å²) in [6, 6.07) is 12.6. The van der Waals surface area contributed by atoms with Crippen molar-refractivity contribution in [3.63, 3.8) is 0 Å². The predicted octanol–water partition coefficient (Wildman–Crippen LogP) is 6.75. The topological polar surface area (TPSA) is 0 Å². The van der Waals surface area contributed by atoms with Gasteiger partial charge in [-0.15, -0.1) is 22.9 Å². The number of hydrogen-bond donors (Lipinski definition) is 0. The van der Waals surface area contributed by atoms with Crippen molar-refractivity contribution in [1.82, 2.24) is 0 Å². The molecule has 0 spiro atoms. The summed E-state index contributed by atoms with van der Waals surface area (Å²) in [5.41, 5.74) is 1.31. The van der Waals surface area contributed by atoms with Gasteiger partial charge in [0.25, 0.3) is 0 Å². The Kier molecular flexibility index (Phi) is 5.31. The van der Waals surface area contributed by atoms with E-state index in [2.05, 4.69) is 69.1 Å². The van der Waals surface area contributed by atoms with Crippen molar-refractivity contribution in [1.29, 1.82) is 0 Å². The Bertz CT molecular complexity index is 490. The van der Waals surface area contributed by atoms with E-state index < -0.39 is 0 Å². The van der Waals surface area contributed by atoms with Gasteiger partial charge in [-0.25, -0.2) is 0 Å². The third-order valence-corrected chi connectivity index (χ3v) is 6.96. The van der Waals surface area contributed by atoms with E-state index in [0.29, 0.717) is 5.92 Å². The van der Waals surface area contributed by atoms with Crippen molar-refractivity contribution in [2.24, 2.45) is 0 Å². The number of rotatable bonds is 4. The van der Waals surface area contributed by atoms with Gasteiger partial charge in [0.1, 0.15) is 0 Å². The van der Waals surface area contributed by atoms with E-state index >= 15 is 0 Å². The number of alkyl halides is 1. The Morgan fingerprint density at radius 3 is 2.39 bits per heavy atom. The SMILES string of the molecule is CCC(c1ccccc1)C(Cl)c1cc(Br)c(Br)s1. The van der Waals surface area contributed by atoms with Gasteiger partial charge in [-0.3, -0.25) is 0 Å². The van der Waals surface area contributed by atoms with Gasteiger partial charge in [0.05, 0.1) is 9.16 Å². The summed E-state index contributed by atoms with van der Waals surface area (Å²) in [7, 11) is 0. The second-order valence-corrected chi connectivity index (χ2v) is 7.82. The highest BCUT2D eigenvalue weighted by atomic mass is 79.9. The molecular formula is C14H13Br2ClS. The summed E-state index contributed by atoms with van der Waals surface area (Å²) in [5.74, 6) is 0.352. The van der Waals surface area contributed by atoms with Gasteiger partial charge in [0, 0.05) is 15.3 Å². The van der Waals surface area contributed by atoms with Crippen LogP contribution in [0.3, 0.4) is 0 Å². The van der Waals surface area contributed by atoms with Gasteiger partial charge in [-0.2, -0.15) is 0 Å². The first kappa shape index (κ1) is 14.6. The molecule has 2 unspecified atom stereocenters. The molecule has 0 amide bonds. The highest BCUT2D eigenvalue weighted by Crippen LogP contribution is 2.44. The van der Waals surface area contributed by atoms with E-state index in [9.17, 15) is 0 Å². The fourth-order valence-electron chi connectivity index (χ4n) is 2.01. The molecule has 0 nitrogen and oxygen atoms in total. The van der Waals surface area contributed by atoms with E-state index in [1.165, 1.54) is 10.4 Å². The van der Waals surface area contributed by atoms with E-state index in [1.807, 2.05) is 6.07 Å². The van der Waals surface area contributed by atoms with E-state index in [4.69, 9.17) is 11.6 Å². The molecule has 2 atom stereocenters. The molecular weight excluding hydrogens is 395 g/mol. The molecule has 0 N–H and O–H groups in total. The van der Waals surface area contributed by atoms with Gasteiger partial charge in [-0.1, -0.05) is 37.3 Å². The Labute approximate surface area is 134 Å². The molecule has 0 fully saturated rings. The van der Waals surface area contributed by atoms with Crippen molar-refractivity contribution in [3.8, 4) is 0 Å². The second-order valence-electron chi connectivity index (χ2n) is 4.10. The molecule has 96 valence electrons. The lowest BCUT2D eigenvalue weighted by Crippen LogP contribution is -2.04. The lowest BCUT2D eigenvalue weighted by molar-refractivity contribution is 0.646. The van der Waals surface area contributed by atoms with Crippen LogP contribution in [0.25, 0.3) is 0 Å². The fourth-order valence-corrected chi connectivity index (χ4v) is 4.66. The Balaban J connectivity index is 2.28. The molecule has 1 heterocycles. The summed E-state index contributed by atoms with van der Waals surface area (Å²) in [4.78, 5) is 1.20. The summed E-state index contributed by atoms with van der Waals surface area (Å²) in [5, 5.41) is 0.0185. The summed E-state index contributed by atoms with van der Waals surface area (Å²) in [6.07, 6.45) is 1.03. The smallest absolute Gasteiger partial charge is 0.0843 e. The first-order valence-electron chi connectivity index (χ1n) is 5.77. The zero-order chi connectivity index (χ0) is 13.1. The third-order valence-electron chi connectivity index (χ3n) is 2.96. The molecule has 0 aliphatic heterocycles. The first-order valence-corrected chi connectivity index (χ1v) is 8.61. The number of thiophene rings is 1. The van der Waals surface area contributed by atoms with Crippen LogP contribution in [0.1, 0.15) is 35.1 Å². The molecule has 0 bridgehead atoms. The van der Waals surface area contributed by atoms with Crippen LogP contribution in [0, 0.1) is 0 Å². The lowest BCUT2D eigenvalue weighted by atomic mass is 9.92. The minimum Gasteiger partial charge on any atom is -0.130 e. The van der Waals surface area contributed by atoms with Gasteiger partial charge < -0.3 is 0 Å². The first-order chi connectivity index (χ1) is 8.63. The average molecular weight is 409 g/mol. The molecule has 2 rings (SSSR count). The van der Waals surface area contributed by atoms with Gasteiger partial charge >= 0.3 is 0 Å². The maximum Gasteiger partial charge on any atom is 0.0843 e. The minimum atomic E-state index is 0.0185. The average Bonchev–Trinajstić information content (AvgIpc) is 2.72. The van der Waals surface area contributed by atoms with Crippen molar-refractivity contribution < 1.29 is 0 Å². The van der Waals surface area contributed by atoms with E-state index in [0.717, 1.165) is 14.7 Å².